The molecule has 0 fully saturated rings. The summed E-state index contributed by atoms with van der Waals surface area (Å²) in [5.74, 6) is -0.264. The maximum Gasteiger partial charge on any atom is 0.127 e. The molecule has 0 aliphatic carbocycles. The van der Waals surface area contributed by atoms with E-state index in [4.69, 9.17) is 11.6 Å². The smallest absolute Gasteiger partial charge is 0.127 e. The molecule has 0 saturated heterocycles. The molecule has 0 bridgehead atoms. The highest BCUT2D eigenvalue weighted by Crippen LogP contribution is 2.34. The summed E-state index contributed by atoms with van der Waals surface area (Å²) in [6, 6.07) is 5.29. The number of benzene rings is 1. The summed E-state index contributed by atoms with van der Waals surface area (Å²) >= 11 is 11.4. The van der Waals surface area contributed by atoms with Crippen molar-refractivity contribution in [3.8, 4) is 0 Å². The van der Waals surface area contributed by atoms with Gasteiger partial charge in [-0.05, 0) is 76.1 Å². The van der Waals surface area contributed by atoms with Crippen molar-refractivity contribution in [3.05, 3.63) is 54.9 Å². The minimum absolute atomic E-state index is 0.00991. The van der Waals surface area contributed by atoms with Gasteiger partial charge in [0.25, 0.3) is 0 Å². The lowest BCUT2D eigenvalue weighted by Gasteiger charge is -2.20. The molecule has 0 spiro atoms. The third-order valence-corrected chi connectivity index (χ3v) is 4.96. The van der Waals surface area contributed by atoms with E-state index in [1.807, 2.05) is 6.07 Å². The van der Waals surface area contributed by atoms with Crippen LogP contribution in [-0.4, -0.2) is 6.54 Å². The fraction of sp³-hybridized carbons (Fsp3) is 0.333. The van der Waals surface area contributed by atoms with E-state index in [-0.39, 0.29) is 11.9 Å². The Balaban J connectivity index is 2.43. The zero-order valence-electron chi connectivity index (χ0n) is 11.3. The van der Waals surface area contributed by atoms with E-state index in [9.17, 15) is 4.39 Å². The molecule has 1 aromatic carbocycles. The predicted molar refractivity (Wildman–Crippen MR) is 88.3 cm³/mol. The van der Waals surface area contributed by atoms with Crippen LogP contribution in [0.4, 0.5) is 4.39 Å². The second kappa shape index (κ2) is 7.03. The van der Waals surface area contributed by atoms with Crippen molar-refractivity contribution in [1.29, 1.82) is 0 Å². The maximum absolute atomic E-state index is 13.6. The Morgan fingerprint density at radius 1 is 1.40 bits per heavy atom. The number of nitrogens with one attached hydrogen (secondary N) is 1. The van der Waals surface area contributed by atoms with Crippen LogP contribution in [-0.2, 0) is 0 Å². The third-order valence-electron chi connectivity index (χ3n) is 3.11. The Bertz CT molecular complexity index is 600. The van der Waals surface area contributed by atoms with Gasteiger partial charge in [0, 0.05) is 5.02 Å². The molecule has 1 heterocycles. The van der Waals surface area contributed by atoms with E-state index in [1.165, 1.54) is 6.07 Å². The van der Waals surface area contributed by atoms with Crippen molar-refractivity contribution in [2.75, 3.05) is 6.54 Å². The van der Waals surface area contributed by atoms with E-state index in [2.05, 4.69) is 39.6 Å². The van der Waals surface area contributed by atoms with E-state index < -0.39 is 0 Å². The summed E-state index contributed by atoms with van der Waals surface area (Å²) < 4.78 is 14.6. The number of hydrogen-bond donors (Lipinski definition) is 1. The summed E-state index contributed by atoms with van der Waals surface area (Å²) in [6.45, 7) is 4.76. The Kier molecular flexibility index (Phi) is 5.61. The van der Waals surface area contributed by atoms with Crippen LogP contribution in [0.1, 0.15) is 36.1 Å². The SMILES string of the molecule is CCCNC(c1csc(Br)c1)c1cc(C)c(F)cc1Cl. The van der Waals surface area contributed by atoms with Crippen molar-refractivity contribution in [2.45, 2.75) is 26.3 Å². The zero-order valence-corrected chi connectivity index (χ0v) is 14.5. The van der Waals surface area contributed by atoms with Crippen molar-refractivity contribution < 1.29 is 4.39 Å². The Labute approximate surface area is 136 Å². The maximum atomic E-state index is 13.6. The first kappa shape index (κ1) is 16.0. The number of halogens is 3. The lowest BCUT2D eigenvalue weighted by molar-refractivity contribution is 0.591. The van der Waals surface area contributed by atoms with Crippen molar-refractivity contribution in [3.63, 3.8) is 0 Å². The van der Waals surface area contributed by atoms with Gasteiger partial charge in [0.2, 0.25) is 0 Å². The van der Waals surface area contributed by atoms with E-state index >= 15 is 0 Å². The second-order valence-corrected chi connectivity index (χ2v) is 7.39. The molecule has 2 rings (SSSR count). The van der Waals surface area contributed by atoms with Gasteiger partial charge in [-0.15, -0.1) is 11.3 Å². The van der Waals surface area contributed by atoms with Crippen LogP contribution in [0.5, 0.6) is 0 Å². The van der Waals surface area contributed by atoms with Gasteiger partial charge < -0.3 is 5.32 Å². The first-order valence-electron chi connectivity index (χ1n) is 6.45. The molecule has 5 heteroatoms. The van der Waals surface area contributed by atoms with Gasteiger partial charge in [-0.2, -0.15) is 0 Å². The van der Waals surface area contributed by atoms with E-state index in [0.717, 1.165) is 27.9 Å². The highest BCUT2D eigenvalue weighted by Gasteiger charge is 2.19. The molecular formula is C15H16BrClFNS. The van der Waals surface area contributed by atoms with Crippen LogP contribution in [0, 0.1) is 12.7 Å². The Morgan fingerprint density at radius 2 is 2.15 bits per heavy atom. The van der Waals surface area contributed by atoms with Crippen LogP contribution in [0.2, 0.25) is 5.02 Å². The summed E-state index contributed by atoms with van der Waals surface area (Å²) in [7, 11) is 0. The highest BCUT2D eigenvalue weighted by atomic mass is 79.9. The van der Waals surface area contributed by atoms with Crippen molar-refractivity contribution >= 4 is 38.9 Å². The molecule has 1 N–H and O–H groups in total. The standard InChI is InChI=1S/C15H16BrClFNS/c1-3-4-19-15(10-6-14(16)20-8-10)11-5-9(2)13(18)7-12(11)17/h5-8,15,19H,3-4H2,1-2H3. The highest BCUT2D eigenvalue weighted by molar-refractivity contribution is 9.11. The summed E-state index contributed by atoms with van der Waals surface area (Å²) in [6.07, 6.45) is 1.03. The molecule has 1 aromatic heterocycles. The normalized spacial score (nSPS) is 12.7. The van der Waals surface area contributed by atoms with Gasteiger partial charge in [0.1, 0.15) is 5.82 Å². The van der Waals surface area contributed by atoms with Gasteiger partial charge in [-0.25, -0.2) is 4.39 Å². The van der Waals surface area contributed by atoms with Crippen LogP contribution in [0.25, 0.3) is 0 Å². The summed E-state index contributed by atoms with van der Waals surface area (Å²) in [4.78, 5) is 0. The first-order valence-corrected chi connectivity index (χ1v) is 8.50. The molecule has 0 amide bonds. The lowest BCUT2D eigenvalue weighted by Crippen LogP contribution is -2.23. The average Bonchev–Trinajstić information content (AvgIpc) is 2.82. The molecule has 0 aliphatic heterocycles. The topological polar surface area (TPSA) is 12.0 Å². The van der Waals surface area contributed by atoms with Gasteiger partial charge in [-0.1, -0.05) is 18.5 Å². The summed E-state index contributed by atoms with van der Waals surface area (Å²) in [5, 5.41) is 6.03. The van der Waals surface area contributed by atoms with Gasteiger partial charge in [-0.3, -0.25) is 0 Å². The first-order chi connectivity index (χ1) is 9.52. The second-order valence-electron chi connectivity index (χ2n) is 4.69. The lowest BCUT2D eigenvalue weighted by atomic mass is 9.99. The third kappa shape index (κ3) is 3.61. The molecule has 20 heavy (non-hydrogen) atoms. The van der Waals surface area contributed by atoms with Crippen molar-refractivity contribution in [2.24, 2.45) is 0 Å². The number of thiophene rings is 1. The summed E-state index contributed by atoms with van der Waals surface area (Å²) in [5.41, 5.74) is 2.68. The minimum atomic E-state index is -0.264. The van der Waals surface area contributed by atoms with Crippen LogP contribution >= 0.6 is 38.9 Å². The number of hydrogen-bond acceptors (Lipinski definition) is 2. The molecular weight excluding hydrogens is 361 g/mol. The van der Waals surface area contributed by atoms with E-state index in [1.54, 1.807) is 18.3 Å². The van der Waals surface area contributed by atoms with Gasteiger partial charge in [0.15, 0.2) is 0 Å². The largest absolute Gasteiger partial charge is 0.306 e. The molecule has 108 valence electrons. The molecule has 0 aliphatic rings. The fourth-order valence-corrected chi connectivity index (χ4v) is 3.53. The zero-order chi connectivity index (χ0) is 14.7. The van der Waals surface area contributed by atoms with E-state index in [0.29, 0.717) is 10.6 Å². The predicted octanol–water partition coefficient (Wildman–Crippen LogP) is 5.70. The minimum Gasteiger partial charge on any atom is -0.306 e. The molecule has 0 radical (unpaired) electrons. The van der Waals surface area contributed by atoms with Crippen molar-refractivity contribution in [1.82, 2.24) is 5.32 Å². The number of rotatable bonds is 5. The molecule has 1 atom stereocenters. The molecule has 1 nitrogen and oxygen atoms in total. The average molecular weight is 377 g/mol. The fourth-order valence-electron chi connectivity index (χ4n) is 2.07. The Hall–Kier alpha value is -0.420. The van der Waals surface area contributed by atoms with Gasteiger partial charge in [0.05, 0.1) is 9.83 Å². The van der Waals surface area contributed by atoms with Crippen LogP contribution < -0.4 is 5.32 Å². The molecule has 1 unspecified atom stereocenters. The van der Waals surface area contributed by atoms with Crippen LogP contribution in [0.15, 0.2) is 27.4 Å². The molecule has 0 saturated carbocycles. The monoisotopic (exact) mass is 375 g/mol. The van der Waals surface area contributed by atoms with Gasteiger partial charge >= 0.3 is 0 Å². The quantitative estimate of drug-likeness (QED) is 0.705. The molecule has 2 aromatic rings. The van der Waals surface area contributed by atoms with Crippen LogP contribution in [0.3, 0.4) is 0 Å². The Morgan fingerprint density at radius 3 is 2.75 bits per heavy atom. The number of aryl methyl sites for hydroxylation is 1.